The molecule has 1 N–H and O–H groups in total. The van der Waals surface area contributed by atoms with Crippen molar-refractivity contribution in [3.05, 3.63) is 22.4 Å². The number of fused-ring (bicyclic) bond motifs is 1. The van der Waals surface area contributed by atoms with Crippen LogP contribution < -0.4 is 5.32 Å². The maximum absolute atomic E-state index is 4.70. The van der Waals surface area contributed by atoms with Crippen LogP contribution in [0.4, 0.5) is 0 Å². The van der Waals surface area contributed by atoms with Crippen LogP contribution >= 0.6 is 11.3 Å². The van der Waals surface area contributed by atoms with Crippen molar-refractivity contribution in [1.29, 1.82) is 0 Å². The van der Waals surface area contributed by atoms with Crippen LogP contribution in [0.1, 0.15) is 37.6 Å². The Morgan fingerprint density at radius 3 is 3.17 bits per heavy atom. The maximum Gasteiger partial charge on any atom is 0.194 e. The van der Waals surface area contributed by atoms with Crippen molar-refractivity contribution >= 4 is 17.3 Å². The molecule has 2 aliphatic heterocycles. The highest BCUT2D eigenvalue weighted by Crippen LogP contribution is 2.26. The van der Waals surface area contributed by atoms with E-state index < -0.39 is 0 Å². The maximum atomic E-state index is 4.70. The highest BCUT2D eigenvalue weighted by atomic mass is 32.1. The second-order valence-electron chi connectivity index (χ2n) is 5.53. The first kappa shape index (κ1) is 12.0. The lowest BCUT2D eigenvalue weighted by atomic mass is 9.95. The van der Waals surface area contributed by atoms with Gasteiger partial charge in [-0.2, -0.15) is 0 Å². The number of piperidine rings is 1. The molecule has 1 fully saturated rings. The minimum Gasteiger partial charge on any atom is -0.349 e. The van der Waals surface area contributed by atoms with Crippen LogP contribution in [-0.4, -0.2) is 30.0 Å². The molecule has 3 heterocycles. The summed E-state index contributed by atoms with van der Waals surface area (Å²) < 4.78 is 0. The standard InChI is InChI=1S/C14H21N3S/c1-10-5-6-12-8-15-14(17(12)9-10)16-11(2)13-4-3-7-18-13/h3-4,7,10-12H,5-6,8-9H2,1-2H3,(H,15,16). The highest BCUT2D eigenvalue weighted by molar-refractivity contribution is 7.10. The largest absolute Gasteiger partial charge is 0.349 e. The first-order valence-corrected chi connectivity index (χ1v) is 7.73. The summed E-state index contributed by atoms with van der Waals surface area (Å²) in [5.74, 6) is 1.91. The highest BCUT2D eigenvalue weighted by Gasteiger charge is 2.33. The average Bonchev–Trinajstić information content (AvgIpc) is 2.99. The molecule has 3 rings (SSSR count). The molecule has 18 heavy (non-hydrogen) atoms. The van der Waals surface area contributed by atoms with E-state index in [1.54, 1.807) is 0 Å². The zero-order chi connectivity index (χ0) is 12.5. The van der Waals surface area contributed by atoms with Crippen molar-refractivity contribution in [2.75, 3.05) is 13.1 Å². The third-order valence-corrected chi connectivity index (χ3v) is 5.04. The third kappa shape index (κ3) is 2.26. The van der Waals surface area contributed by atoms with E-state index in [9.17, 15) is 0 Å². The van der Waals surface area contributed by atoms with Crippen LogP contribution in [0.25, 0.3) is 0 Å². The molecule has 0 spiro atoms. The van der Waals surface area contributed by atoms with E-state index in [2.05, 4.69) is 41.6 Å². The Kier molecular flexibility index (Phi) is 3.29. The first-order chi connectivity index (χ1) is 8.74. The molecule has 1 aromatic heterocycles. The SMILES string of the molecule is CC1CCC2CN=C(NC(C)c3cccs3)N2C1. The predicted molar refractivity (Wildman–Crippen MR) is 77.1 cm³/mol. The topological polar surface area (TPSA) is 27.6 Å². The Bertz CT molecular complexity index is 426. The van der Waals surface area contributed by atoms with Gasteiger partial charge in [0.15, 0.2) is 5.96 Å². The summed E-state index contributed by atoms with van der Waals surface area (Å²) in [5, 5.41) is 5.72. The van der Waals surface area contributed by atoms with Gasteiger partial charge in [0.25, 0.3) is 0 Å². The Hall–Kier alpha value is -1.03. The summed E-state index contributed by atoms with van der Waals surface area (Å²) in [6, 6.07) is 5.31. The molecule has 1 saturated heterocycles. The molecule has 3 atom stereocenters. The molecule has 0 bridgehead atoms. The molecular formula is C14H21N3S. The monoisotopic (exact) mass is 263 g/mol. The number of thiophene rings is 1. The molecule has 3 nitrogen and oxygen atoms in total. The van der Waals surface area contributed by atoms with Crippen molar-refractivity contribution in [2.45, 2.75) is 38.8 Å². The summed E-state index contributed by atoms with van der Waals surface area (Å²) in [5.41, 5.74) is 0. The number of aliphatic imine (C=N–C) groups is 1. The van der Waals surface area contributed by atoms with Gasteiger partial charge in [0.1, 0.15) is 0 Å². The van der Waals surface area contributed by atoms with Gasteiger partial charge in [0.2, 0.25) is 0 Å². The van der Waals surface area contributed by atoms with Gasteiger partial charge in [-0.1, -0.05) is 13.0 Å². The van der Waals surface area contributed by atoms with Gasteiger partial charge in [-0.3, -0.25) is 4.99 Å². The normalized spacial score (nSPS) is 28.8. The molecule has 0 aromatic carbocycles. The number of hydrogen-bond donors (Lipinski definition) is 1. The second-order valence-corrected chi connectivity index (χ2v) is 6.51. The van der Waals surface area contributed by atoms with Crippen LogP contribution in [0.2, 0.25) is 0 Å². The first-order valence-electron chi connectivity index (χ1n) is 6.85. The third-order valence-electron chi connectivity index (χ3n) is 3.98. The van der Waals surface area contributed by atoms with Crippen molar-refractivity contribution in [3.63, 3.8) is 0 Å². The van der Waals surface area contributed by atoms with E-state index in [0.717, 1.165) is 25.0 Å². The fourth-order valence-electron chi connectivity index (χ4n) is 2.87. The van der Waals surface area contributed by atoms with Crippen molar-refractivity contribution in [1.82, 2.24) is 10.2 Å². The molecule has 4 heteroatoms. The summed E-state index contributed by atoms with van der Waals surface area (Å²) in [4.78, 5) is 8.57. The number of guanidine groups is 1. The summed E-state index contributed by atoms with van der Waals surface area (Å²) in [6.07, 6.45) is 2.65. The van der Waals surface area contributed by atoms with Gasteiger partial charge < -0.3 is 10.2 Å². The molecule has 0 amide bonds. The van der Waals surface area contributed by atoms with Crippen LogP contribution in [0, 0.1) is 5.92 Å². The number of hydrogen-bond acceptors (Lipinski definition) is 4. The van der Waals surface area contributed by atoms with Gasteiger partial charge in [0.05, 0.1) is 18.6 Å². The minimum atomic E-state index is 0.361. The zero-order valence-corrected chi connectivity index (χ0v) is 11.9. The average molecular weight is 263 g/mol. The van der Waals surface area contributed by atoms with Gasteiger partial charge in [-0.25, -0.2) is 0 Å². The Balaban J connectivity index is 1.66. The van der Waals surface area contributed by atoms with E-state index in [0.29, 0.717) is 12.1 Å². The number of nitrogens with one attached hydrogen (secondary N) is 1. The van der Waals surface area contributed by atoms with E-state index in [1.807, 2.05) is 11.3 Å². The Morgan fingerprint density at radius 1 is 1.50 bits per heavy atom. The predicted octanol–water partition coefficient (Wildman–Crippen LogP) is 2.87. The lowest BCUT2D eigenvalue weighted by Crippen LogP contribution is -2.48. The molecule has 0 radical (unpaired) electrons. The molecular weight excluding hydrogens is 242 g/mol. The van der Waals surface area contributed by atoms with E-state index in [4.69, 9.17) is 4.99 Å². The number of rotatable bonds is 2. The molecule has 2 aliphatic rings. The second kappa shape index (κ2) is 4.92. The fraction of sp³-hybridized carbons (Fsp3) is 0.643. The van der Waals surface area contributed by atoms with Gasteiger partial charge in [-0.05, 0) is 37.1 Å². The van der Waals surface area contributed by atoms with Crippen LogP contribution in [0.5, 0.6) is 0 Å². The lowest BCUT2D eigenvalue weighted by Gasteiger charge is -2.36. The molecule has 98 valence electrons. The van der Waals surface area contributed by atoms with Gasteiger partial charge in [0, 0.05) is 11.4 Å². The molecule has 1 aromatic rings. The van der Waals surface area contributed by atoms with Gasteiger partial charge >= 0.3 is 0 Å². The summed E-state index contributed by atoms with van der Waals surface area (Å²) >= 11 is 1.81. The minimum absolute atomic E-state index is 0.361. The molecule has 3 unspecified atom stereocenters. The van der Waals surface area contributed by atoms with Crippen molar-refractivity contribution in [2.24, 2.45) is 10.9 Å². The number of nitrogens with zero attached hydrogens (tertiary/aromatic N) is 2. The molecule has 0 aliphatic carbocycles. The van der Waals surface area contributed by atoms with Crippen molar-refractivity contribution in [3.8, 4) is 0 Å². The Labute approximate surface area is 113 Å². The zero-order valence-electron chi connectivity index (χ0n) is 11.1. The quantitative estimate of drug-likeness (QED) is 0.888. The summed E-state index contributed by atoms with van der Waals surface area (Å²) in [6.45, 7) is 6.70. The van der Waals surface area contributed by atoms with E-state index >= 15 is 0 Å². The van der Waals surface area contributed by atoms with Crippen molar-refractivity contribution < 1.29 is 0 Å². The smallest absolute Gasteiger partial charge is 0.194 e. The van der Waals surface area contributed by atoms with E-state index in [1.165, 1.54) is 17.7 Å². The van der Waals surface area contributed by atoms with Crippen LogP contribution in [0.15, 0.2) is 22.5 Å². The fourth-order valence-corrected chi connectivity index (χ4v) is 3.61. The lowest BCUT2D eigenvalue weighted by molar-refractivity contribution is 0.210. The van der Waals surface area contributed by atoms with Gasteiger partial charge in [-0.15, -0.1) is 11.3 Å². The van der Waals surface area contributed by atoms with Crippen LogP contribution in [0.3, 0.4) is 0 Å². The Morgan fingerprint density at radius 2 is 2.39 bits per heavy atom. The van der Waals surface area contributed by atoms with Crippen LogP contribution in [-0.2, 0) is 0 Å². The van der Waals surface area contributed by atoms with E-state index in [-0.39, 0.29) is 0 Å². The molecule has 0 saturated carbocycles. The summed E-state index contributed by atoms with van der Waals surface area (Å²) in [7, 11) is 0.